The van der Waals surface area contributed by atoms with Gasteiger partial charge in [-0.05, 0) is 31.2 Å². The van der Waals surface area contributed by atoms with Crippen LogP contribution in [0.25, 0.3) is 16.9 Å². The Hall–Kier alpha value is -2.67. The molecule has 0 unspecified atom stereocenters. The molecule has 1 aromatic carbocycles. The van der Waals surface area contributed by atoms with Gasteiger partial charge >= 0.3 is 0 Å². The number of rotatable bonds is 1. The molecule has 86 valence electrons. The van der Waals surface area contributed by atoms with Crippen LogP contribution in [0.5, 0.6) is 0 Å². The Balaban J connectivity index is 2.31. The average molecular weight is 234 g/mol. The van der Waals surface area contributed by atoms with Crippen LogP contribution in [0.4, 0.5) is 0 Å². The van der Waals surface area contributed by atoms with Crippen molar-refractivity contribution < 1.29 is 0 Å². The fourth-order valence-electron chi connectivity index (χ4n) is 2.05. The molecular weight excluding hydrogens is 224 g/mol. The SMILES string of the molecule is Cc1nc2ccccc2n1-c1cc(C#N)ccn1. The number of hydrogen-bond acceptors (Lipinski definition) is 3. The van der Waals surface area contributed by atoms with Crippen LogP contribution in [-0.4, -0.2) is 14.5 Å². The molecule has 4 nitrogen and oxygen atoms in total. The third-order valence-electron chi connectivity index (χ3n) is 2.83. The van der Waals surface area contributed by atoms with Gasteiger partial charge in [0.05, 0.1) is 22.7 Å². The first kappa shape index (κ1) is 10.5. The second-order valence-corrected chi connectivity index (χ2v) is 4.00. The van der Waals surface area contributed by atoms with Gasteiger partial charge in [-0.2, -0.15) is 5.26 Å². The van der Waals surface area contributed by atoms with E-state index in [9.17, 15) is 0 Å². The summed E-state index contributed by atoms with van der Waals surface area (Å²) in [6, 6.07) is 13.5. The Morgan fingerprint density at radius 2 is 2.06 bits per heavy atom. The van der Waals surface area contributed by atoms with Crippen molar-refractivity contribution in [1.82, 2.24) is 14.5 Å². The molecule has 0 fully saturated rings. The van der Waals surface area contributed by atoms with E-state index < -0.39 is 0 Å². The lowest BCUT2D eigenvalue weighted by atomic mass is 10.3. The van der Waals surface area contributed by atoms with Gasteiger partial charge in [-0.1, -0.05) is 12.1 Å². The van der Waals surface area contributed by atoms with Crippen molar-refractivity contribution >= 4 is 11.0 Å². The first-order valence-corrected chi connectivity index (χ1v) is 5.60. The van der Waals surface area contributed by atoms with Crippen molar-refractivity contribution in [3.63, 3.8) is 0 Å². The highest BCUT2D eigenvalue weighted by Crippen LogP contribution is 2.19. The number of nitriles is 1. The lowest BCUT2D eigenvalue weighted by molar-refractivity contribution is 0.955. The van der Waals surface area contributed by atoms with Gasteiger partial charge in [0.15, 0.2) is 0 Å². The molecule has 18 heavy (non-hydrogen) atoms. The minimum atomic E-state index is 0.595. The van der Waals surface area contributed by atoms with Crippen LogP contribution >= 0.6 is 0 Å². The number of aryl methyl sites for hydroxylation is 1. The van der Waals surface area contributed by atoms with E-state index in [0.29, 0.717) is 5.56 Å². The van der Waals surface area contributed by atoms with Gasteiger partial charge in [0.1, 0.15) is 11.6 Å². The minimum absolute atomic E-state index is 0.595. The number of pyridine rings is 1. The van der Waals surface area contributed by atoms with Crippen LogP contribution in [0.1, 0.15) is 11.4 Å². The Bertz CT molecular complexity index is 765. The molecule has 0 bridgehead atoms. The van der Waals surface area contributed by atoms with Crippen LogP contribution in [0.2, 0.25) is 0 Å². The van der Waals surface area contributed by atoms with Gasteiger partial charge < -0.3 is 0 Å². The third-order valence-corrected chi connectivity index (χ3v) is 2.83. The maximum atomic E-state index is 8.94. The molecule has 3 rings (SSSR count). The number of para-hydroxylation sites is 2. The van der Waals surface area contributed by atoms with Gasteiger partial charge in [0.25, 0.3) is 0 Å². The second kappa shape index (κ2) is 3.97. The lowest BCUT2D eigenvalue weighted by Gasteiger charge is -2.05. The average Bonchev–Trinajstić information content (AvgIpc) is 2.74. The molecule has 4 heteroatoms. The second-order valence-electron chi connectivity index (χ2n) is 4.00. The third kappa shape index (κ3) is 1.54. The topological polar surface area (TPSA) is 54.5 Å². The molecule has 0 saturated heterocycles. The summed E-state index contributed by atoms with van der Waals surface area (Å²) in [4.78, 5) is 8.80. The Kier molecular flexibility index (Phi) is 2.31. The zero-order valence-electron chi connectivity index (χ0n) is 9.83. The van der Waals surface area contributed by atoms with E-state index in [2.05, 4.69) is 16.0 Å². The Morgan fingerprint density at radius 1 is 1.22 bits per heavy atom. The van der Waals surface area contributed by atoms with Crippen LogP contribution < -0.4 is 0 Å². The highest BCUT2D eigenvalue weighted by atomic mass is 15.1. The summed E-state index contributed by atoms with van der Waals surface area (Å²) in [5.74, 6) is 1.58. The molecule has 2 heterocycles. The maximum absolute atomic E-state index is 8.94. The first-order chi connectivity index (χ1) is 8.79. The van der Waals surface area contributed by atoms with Gasteiger partial charge in [0.2, 0.25) is 0 Å². The molecule has 3 aromatic rings. The maximum Gasteiger partial charge on any atom is 0.139 e. The minimum Gasteiger partial charge on any atom is -0.281 e. The van der Waals surface area contributed by atoms with Crippen molar-refractivity contribution in [2.45, 2.75) is 6.92 Å². The van der Waals surface area contributed by atoms with Crippen molar-refractivity contribution in [2.24, 2.45) is 0 Å². The number of aromatic nitrogens is 3. The standard InChI is InChI=1S/C14H10N4/c1-10-17-12-4-2-3-5-13(12)18(10)14-8-11(9-15)6-7-16-14/h2-8H,1H3. The normalized spacial score (nSPS) is 10.4. The molecule has 0 atom stereocenters. The summed E-state index contributed by atoms with van der Waals surface area (Å²) in [6.07, 6.45) is 1.64. The van der Waals surface area contributed by atoms with Crippen LogP contribution in [0, 0.1) is 18.3 Å². The highest BCUT2D eigenvalue weighted by molar-refractivity contribution is 5.77. The fourth-order valence-corrected chi connectivity index (χ4v) is 2.05. The molecule has 0 saturated carbocycles. The highest BCUT2D eigenvalue weighted by Gasteiger charge is 2.09. The summed E-state index contributed by atoms with van der Waals surface area (Å²) in [6.45, 7) is 1.93. The zero-order valence-corrected chi connectivity index (χ0v) is 9.83. The van der Waals surface area contributed by atoms with Crippen molar-refractivity contribution in [3.8, 4) is 11.9 Å². The molecule has 0 spiro atoms. The smallest absolute Gasteiger partial charge is 0.139 e. The number of hydrogen-bond donors (Lipinski definition) is 0. The summed E-state index contributed by atoms with van der Waals surface area (Å²) < 4.78 is 1.95. The number of benzene rings is 1. The Labute approximate surface area is 104 Å². The number of fused-ring (bicyclic) bond motifs is 1. The van der Waals surface area contributed by atoms with E-state index in [4.69, 9.17) is 5.26 Å². The Morgan fingerprint density at radius 3 is 2.89 bits per heavy atom. The molecule has 0 N–H and O–H groups in total. The van der Waals surface area contributed by atoms with Gasteiger partial charge in [-0.3, -0.25) is 4.57 Å². The van der Waals surface area contributed by atoms with Crippen molar-refractivity contribution in [3.05, 3.63) is 54.0 Å². The fraction of sp³-hybridized carbons (Fsp3) is 0.0714. The molecule has 0 amide bonds. The van der Waals surface area contributed by atoms with Gasteiger partial charge in [-0.25, -0.2) is 9.97 Å². The van der Waals surface area contributed by atoms with E-state index >= 15 is 0 Å². The van der Waals surface area contributed by atoms with Crippen molar-refractivity contribution in [1.29, 1.82) is 5.26 Å². The van der Waals surface area contributed by atoms with Crippen molar-refractivity contribution in [2.75, 3.05) is 0 Å². The predicted molar refractivity (Wildman–Crippen MR) is 68.3 cm³/mol. The van der Waals surface area contributed by atoms with E-state index in [-0.39, 0.29) is 0 Å². The van der Waals surface area contributed by atoms with Crippen LogP contribution in [-0.2, 0) is 0 Å². The molecular formula is C14H10N4. The van der Waals surface area contributed by atoms with Gasteiger partial charge in [-0.15, -0.1) is 0 Å². The predicted octanol–water partition coefficient (Wildman–Crippen LogP) is 2.60. The van der Waals surface area contributed by atoms with E-state index in [1.807, 2.05) is 35.8 Å². The molecule has 0 radical (unpaired) electrons. The summed E-state index contributed by atoms with van der Waals surface area (Å²) in [7, 11) is 0. The summed E-state index contributed by atoms with van der Waals surface area (Å²) >= 11 is 0. The van der Waals surface area contributed by atoms with Gasteiger partial charge in [0, 0.05) is 6.20 Å². The first-order valence-electron chi connectivity index (χ1n) is 5.60. The van der Waals surface area contributed by atoms with E-state index in [0.717, 1.165) is 22.7 Å². The number of nitrogens with zero attached hydrogens (tertiary/aromatic N) is 4. The summed E-state index contributed by atoms with van der Waals surface area (Å²) in [5, 5.41) is 8.94. The molecule has 0 aliphatic carbocycles. The molecule has 2 aromatic heterocycles. The van der Waals surface area contributed by atoms with E-state index in [1.165, 1.54) is 0 Å². The largest absolute Gasteiger partial charge is 0.281 e. The zero-order chi connectivity index (χ0) is 12.5. The van der Waals surface area contributed by atoms with Crippen LogP contribution in [0.15, 0.2) is 42.6 Å². The number of imidazole rings is 1. The lowest BCUT2D eigenvalue weighted by Crippen LogP contribution is -1.99. The molecule has 0 aliphatic rings. The quantitative estimate of drug-likeness (QED) is 0.650. The monoisotopic (exact) mass is 234 g/mol. The molecule has 0 aliphatic heterocycles. The van der Waals surface area contributed by atoms with E-state index in [1.54, 1.807) is 18.3 Å². The van der Waals surface area contributed by atoms with Crippen LogP contribution in [0.3, 0.4) is 0 Å². The summed E-state index contributed by atoms with van der Waals surface area (Å²) in [5.41, 5.74) is 2.52.